The van der Waals surface area contributed by atoms with E-state index in [1.165, 1.54) is 0 Å². The van der Waals surface area contributed by atoms with Gasteiger partial charge >= 0.3 is 0 Å². The molecule has 0 unspecified atom stereocenters. The van der Waals surface area contributed by atoms with Gasteiger partial charge in [0.25, 0.3) is 0 Å². The van der Waals surface area contributed by atoms with E-state index in [9.17, 15) is 0 Å². The van der Waals surface area contributed by atoms with Crippen molar-refractivity contribution in [2.24, 2.45) is 0 Å². The second kappa shape index (κ2) is 4.99. The predicted molar refractivity (Wildman–Crippen MR) is 67.7 cm³/mol. The summed E-state index contributed by atoms with van der Waals surface area (Å²) in [6.45, 7) is 0. The third-order valence-electron chi connectivity index (χ3n) is 2.29. The highest BCUT2D eigenvalue weighted by atomic mass is 14.9. The molecule has 3 N–H and O–H groups in total. The SMILES string of the molecule is N#CCc1ccc(Nc2cncc(N)c2)cc1. The number of nitrogens with zero attached hydrogens (tertiary/aromatic N) is 2. The fraction of sp³-hybridized carbons (Fsp3) is 0.0769. The topological polar surface area (TPSA) is 74.7 Å². The molecule has 4 heteroatoms. The van der Waals surface area contributed by atoms with E-state index in [0.29, 0.717) is 12.1 Å². The first-order chi connectivity index (χ1) is 8.28. The number of nitrogens with one attached hydrogen (secondary N) is 1. The summed E-state index contributed by atoms with van der Waals surface area (Å²) in [7, 11) is 0. The molecule has 4 nitrogen and oxygen atoms in total. The maximum atomic E-state index is 8.57. The molecular formula is C13H12N4. The van der Waals surface area contributed by atoms with Gasteiger partial charge in [-0.15, -0.1) is 0 Å². The van der Waals surface area contributed by atoms with Crippen LogP contribution in [0.1, 0.15) is 5.56 Å². The Morgan fingerprint density at radius 1 is 1.18 bits per heavy atom. The Bertz CT molecular complexity index is 540. The number of rotatable bonds is 3. The number of hydrogen-bond acceptors (Lipinski definition) is 4. The number of pyridine rings is 1. The van der Waals surface area contributed by atoms with Crippen LogP contribution in [0.4, 0.5) is 17.1 Å². The van der Waals surface area contributed by atoms with Crippen LogP contribution in [0, 0.1) is 11.3 Å². The molecule has 0 aliphatic rings. The van der Waals surface area contributed by atoms with Gasteiger partial charge in [0.05, 0.1) is 30.1 Å². The molecular weight excluding hydrogens is 212 g/mol. The zero-order valence-corrected chi connectivity index (χ0v) is 9.22. The molecule has 2 aromatic rings. The average molecular weight is 224 g/mol. The minimum Gasteiger partial charge on any atom is -0.397 e. The van der Waals surface area contributed by atoms with Crippen LogP contribution >= 0.6 is 0 Å². The summed E-state index contributed by atoms with van der Waals surface area (Å²) in [6, 6.07) is 11.6. The van der Waals surface area contributed by atoms with Crippen LogP contribution in [-0.4, -0.2) is 4.98 Å². The fourth-order valence-corrected chi connectivity index (χ4v) is 1.49. The normalized spacial score (nSPS) is 9.59. The number of anilines is 3. The summed E-state index contributed by atoms with van der Waals surface area (Å²) in [5.74, 6) is 0. The van der Waals surface area contributed by atoms with E-state index in [-0.39, 0.29) is 0 Å². The molecule has 0 fully saturated rings. The predicted octanol–water partition coefficient (Wildman–Crippen LogP) is 2.47. The highest BCUT2D eigenvalue weighted by Crippen LogP contribution is 2.17. The zero-order valence-electron chi connectivity index (χ0n) is 9.22. The summed E-state index contributed by atoms with van der Waals surface area (Å²) in [6.07, 6.45) is 3.74. The molecule has 0 aliphatic heterocycles. The van der Waals surface area contributed by atoms with Gasteiger partial charge in [0.2, 0.25) is 0 Å². The Hall–Kier alpha value is -2.54. The summed E-state index contributed by atoms with van der Waals surface area (Å²) < 4.78 is 0. The first-order valence-corrected chi connectivity index (χ1v) is 5.21. The first-order valence-electron chi connectivity index (χ1n) is 5.21. The lowest BCUT2D eigenvalue weighted by Gasteiger charge is -2.06. The van der Waals surface area contributed by atoms with Gasteiger partial charge in [-0.2, -0.15) is 5.26 Å². The van der Waals surface area contributed by atoms with Crippen LogP contribution in [0.25, 0.3) is 0 Å². The van der Waals surface area contributed by atoms with Crippen molar-refractivity contribution in [3.63, 3.8) is 0 Å². The van der Waals surface area contributed by atoms with Gasteiger partial charge in [-0.3, -0.25) is 4.98 Å². The van der Waals surface area contributed by atoms with Gasteiger partial charge in [-0.25, -0.2) is 0 Å². The summed E-state index contributed by atoms with van der Waals surface area (Å²) in [5.41, 5.74) is 9.05. The Morgan fingerprint density at radius 2 is 1.94 bits per heavy atom. The number of nitrogen functional groups attached to an aromatic ring is 1. The van der Waals surface area contributed by atoms with E-state index in [1.54, 1.807) is 12.4 Å². The Morgan fingerprint density at radius 3 is 2.59 bits per heavy atom. The second-order valence-corrected chi connectivity index (χ2v) is 3.66. The van der Waals surface area contributed by atoms with Crippen molar-refractivity contribution in [2.45, 2.75) is 6.42 Å². The average Bonchev–Trinajstić information content (AvgIpc) is 2.32. The van der Waals surface area contributed by atoms with Crippen molar-refractivity contribution in [3.05, 3.63) is 48.3 Å². The standard InChI is InChI=1S/C13H12N4/c14-6-5-10-1-3-12(4-2-10)17-13-7-11(15)8-16-9-13/h1-4,7-9,17H,5,15H2. The molecule has 0 spiro atoms. The van der Waals surface area contributed by atoms with Crippen LogP contribution < -0.4 is 11.1 Å². The fourth-order valence-electron chi connectivity index (χ4n) is 1.49. The van der Waals surface area contributed by atoms with E-state index >= 15 is 0 Å². The minimum atomic E-state index is 0.431. The molecule has 0 bridgehead atoms. The minimum absolute atomic E-state index is 0.431. The van der Waals surface area contributed by atoms with Crippen LogP contribution in [0.2, 0.25) is 0 Å². The Labute approximate surface area is 99.7 Å². The molecule has 0 radical (unpaired) electrons. The van der Waals surface area contributed by atoms with Gasteiger partial charge in [-0.05, 0) is 23.8 Å². The highest BCUT2D eigenvalue weighted by Gasteiger charge is 1.96. The summed E-state index contributed by atoms with van der Waals surface area (Å²) in [4.78, 5) is 4.00. The molecule has 84 valence electrons. The van der Waals surface area contributed by atoms with E-state index < -0.39 is 0 Å². The molecule has 1 aromatic carbocycles. The van der Waals surface area contributed by atoms with Crippen molar-refractivity contribution < 1.29 is 0 Å². The molecule has 1 heterocycles. The van der Waals surface area contributed by atoms with Crippen molar-refractivity contribution in [3.8, 4) is 6.07 Å². The third-order valence-corrected chi connectivity index (χ3v) is 2.29. The number of nitriles is 1. The maximum Gasteiger partial charge on any atom is 0.0669 e. The van der Waals surface area contributed by atoms with Crippen LogP contribution in [0.15, 0.2) is 42.7 Å². The first kappa shape index (κ1) is 11.0. The molecule has 1 aromatic heterocycles. The molecule has 0 amide bonds. The van der Waals surface area contributed by atoms with Crippen molar-refractivity contribution in [1.29, 1.82) is 5.26 Å². The van der Waals surface area contributed by atoms with Gasteiger partial charge in [0.15, 0.2) is 0 Å². The van der Waals surface area contributed by atoms with Gasteiger partial charge < -0.3 is 11.1 Å². The van der Waals surface area contributed by atoms with Crippen LogP contribution in [0.3, 0.4) is 0 Å². The smallest absolute Gasteiger partial charge is 0.0669 e. The van der Waals surface area contributed by atoms with E-state index in [1.807, 2.05) is 30.3 Å². The van der Waals surface area contributed by atoms with Crippen molar-refractivity contribution >= 4 is 17.1 Å². The lowest BCUT2D eigenvalue weighted by Crippen LogP contribution is -1.93. The van der Waals surface area contributed by atoms with Gasteiger partial charge in [0, 0.05) is 11.9 Å². The quantitative estimate of drug-likeness (QED) is 0.839. The Kier molecular flexibility index (Phi) is 3.22. The van der Waals surface area contributed by atoms with Crippen LogP contribution in [0.5, 0.6) is 0 Å². The van der Waals surface area contributed by atoms with Crippen molar-refractivity contribution in [2.75, 3.05) is 11.1 Å². The van der Waals surface area contributed by atoms with E-state index in [4.69, 9.17) is 11.0 Å². The van der Waals surface area contributed by atoms with E-state index in [0.717, 1.165) is 16.9 Å². The molecule has 0 saturated carbocycles. The summed E-state index contributed by atoms with van der Waals surface area (Å²) in [5, 5.41) is 11.8. The monoisotopic (exact) mass is 224 g/mol. The van der Waals surface area contributed by atoms with Gasteiger partial charge in [0.1, 0.15) is 0 Å². The molecule has 2 rings (SSSR count). The largest absolute Gasteiger partial charge is 0.397 e. The maximum absolute atomic E-state index is 8.57. The molecule has 0 saturated heterocycles. The Balaban J connectivity index is 2.11. The summed E-state index contributed by atoms with van der Waals surface area (Å²) >= 11 is 0. The third kappa shape index (κ3) is 2.95. The molecule has 0 atom stereocenters. The van der Waals surface area contributed by atoms with E-state index in [2.05, 4.69) is 16.4 Å². The number of nitrogens with two attached hydrogens (primary N) is 1. The molecule has 0 aliphatic carbocycles. The number of benzene rings is 1. The number of hydrogen-bond donors (Lipinski definition) is 2. The lowest BCUT2D eigenvalue weighted by molar-refractivity contribution is 1.26. The van der Waals surface area contributed by atoms with Crippen molar-refractivity contribution in [1.82, 2.24) is 4.98 Å². The highest BCUT2D eigenvalue weighted by molar-refractivity contribution is 5.62. The number of aromatic nitrogens is 1. The molecule has 17 heavy (non-hydrogen) atoms. The van der Waals surface area contributed by atoms with Gasteiger partial charge in [-0.1, -0.05) is 12.1 Å². The zero-order chi connectivity index (χ0) is 12.1. The lowest BCUT2D eigenvalue weighted by atomic mass is 10.1. The van der Waals surface area contributed by atoms with Crippen LogP contribution in [-0.2, 0) is 6.42 Å². The second-order valence-electron chi connectivity index (χ2n) is 3.66.